The Morgan fingerprint density at radius 3 is 3.08 bits per heavy atom. The Labute approximate surface area is 155 Å². The van der Waals surface area contributed by atoms with E-state index in [1.165, 1.54) is 18.5 Å². The third-order valence-corrected chi connectivity index (χ3v) is 5.87. The molecule has 6 heteroatoms. The number of imidazole rings is 1. The molecule has 1 spiro atoms. The maximum Gasteiger partial charge on any atom is 0.0945 e. The molecule has 0 unspecified atom stereocenters. The number of piperidine rings is 1. The van der Waals surface area contributed by atoms with Crippen LogP contribution in [0.2, 0.25) is 0 Å². The lowest BCUT2D eigenvalue weighted by atomic mass is 9.88. The normalized spacial score (nSPS) is 26.8. The summed E-state index contributed by atoms with van der Waals surface area (Å²) in [6.45, 7) is 4.82. The summed E-state index contributed by atoms with van der Waals surface area (Å²) in [6, 6.07) is 6.59. The molecule has 4 heterocycles. The highest BCUT2D eigenvalue weighted by atomic mass is 16.5. The van der Waals surface area contributed by atoms with Crippen LogP contribution in [0.1, 0.15) is 30.7 Å². The quantitative estimate of drug-likeness (QED) is 0.822. The molecule has 0 bridgehead atoms. The number of ether oxygens (including phenoxy) is 1. The average Bonchev–Trinajstić information content (AvgIpc) is 3.23. The first-order chi connectivity index (χ1) is 12.6. The molecule has 2 atom stereocenters. The van der Waals surface area contributed by atoms with Crippen molar-refractivity contribution in [2.45, 2.75) is 44.0 Å². The summed E-state index contributed by atoms with van der Waals surface area (Å²) in [7, 11) is 4.26. The van der Waals surface area contributed by atoms with E-state index in [-0.39, 0.29) is 5.60 Å². The second-order valence-corrected chi connectivity index (χ2v) is 7.90. The zero-order valence-corrected chi connectivity index (χ0v) is 15.8. The first kappa shape index (κ1) is 17.6. The van der Waals surface area contributed by atoms with Crippen LogP contribution >= 0.6 is 0 Å². The van der Waals surface area contributed by atoms with Crippen molar-refractivity contribution in [2.75, 3.05) is 26.7 Å². The van der Waals surface area contributed by atoms with E-state index in [1.807, 2.05) is 24.8 Å². The standard InChI is InChI=1S/C20H29N5O/c1-23(12-17-6-3-4-8-22-17)18-10-20(26-14-18)7-5-9-25(15-20)13-19-11-21-16-24(19)2/h3-4,6,8,11,16,18H,5,7,9-10,12-15H2,1-2H3/t18-,20+/m1/s1. The Bertz CT molecular complexity index is 718. The number of hydrogen-bond acceptors (Lipinski definition) is 5. The van der Waals surface area contributed by atoms with Gasteiger partial charge in [0.05, 0.1) is 29.9 Å². The Kier molecular flexibility index (Phi) is 5.07. The van der Waals surface area contributed by atoms with Crippen LogP contribution in [0.4, 0.5) is 0 Å². The van der Waals surface area contributed by atoms with Crippen LogP contribution in [0.5, 0.6) is 0 Å². The summed E-state index contributed by atoms with van der Waals surface area (Å²) < 4.78 is 8.52. The van der Waals surface area contributed by atoms with Crippen LogP contribution in [-0.4, -0.2) is 62.7 Å². The molecule has 6 nitrogen and oxygen atoms in total. The molecule has 26 heavy (non-hydrogen) atoms. The van der Waals surface area contributed by atoms with Crippen molar-refractivity contribution in [3.8, 4) is 0 Å². The number of pyridine rings is 1. The molecule has 2 aromatic heterocycles. The van der Waals surface area contributed by atoms with Gasteiger partial charge in [0, 0.05) is 45.1 Å². The summed E-state index contributed by atoms with van der Waals surface area (Å²) in [5.74, 6) is 0. The van der Waals surface area contributed by atoms with Gasteiger partial charge in [-0.3, -0.25) is 14.8 Å². The van der Waals surface area contributed by atoms with Gasteiger partial charge in [-0.25, -0.2) is 4.98 Å². The minimum absolute atomic E-state index is 0.0138. The molecule has 2 aromatic rings. The Balaban J connectivity index is 1.36. The maximum atomic E-state index is 6.41. The number of likely N-dealkylation sites (tertiary alicyclic amines) is 1. The summed E-state index contributed by atoms with van der Waals surface area (Å²) in [5.41, 5.74) is 2.40. The SMILES string of the molecule is CN(Cc1ccccn1)[C@H]1CO[C@@]2(CCCN(Cc3cncn3C)C2)C1. The largest absolute Gasteiger partial charge is 0.372 e. The molecule has 0 radical (unpaired) electrons. The van der Waals surface area contributed by atoms with Crippen molar-refractivity contribution in [2.24, 2.45) is 7.05 Å². The van der Waals surface area contributed by atoms with Crippen molar-refractivity contribution in [1.82, 2.24) is 24.3 Å². The molecule has 0 aromatic carbocycles. The average molecular weight is 355 g/mol. The van der Waals surface area contributed by atoms with Crippen molar-refractivity contribution in [3.63, 3.8) is 0 Å². The fourth-order valence-electron chi connectivity index (χ4n) is 4.36. The van der Waals surface area contributed by atoms with Crippen molar-refractivity contribution in [1.29, 1.82) is 0 Å². The van der Waals surface area contributed by atoms with Gasteiger partial charge >= 0.3 is 0 Å². The van der Waals surface area contributed by atoms with Gasteiger partial charge in [-0.1, -0.05) is 6.07 Å². The monoisotopic (exact) mass is 355 g/mol. The molecule has 4 rings (SSSR count). The number of hydrogen-bond donors (Lipinski definition) is 0. The topological polar surface area (TPSA) is 46.4 Å². The molecule has 2 fully saturated rings. The van der Waals surface area contributed by atoms with Crippen molar-refractivity contribution in [3.05, 3.63) is 48.3 Å². The molecular weight excluding hydrogens is 326 g/mol. The zero-order valence-electron chi connectivity index (χ0n) is 15.8. The van der Waals surface area contributed by atoms with Gasteiger partial charge in [0.1, 0.15) is 0 Å². The fraction of sp³-hybridized carbons (Fsp3) is 0.600. The third kappa shape index (κ3) is 3.82. The lowest BCUT2D eigenvalue weighted by Crippen LogP contribution is -2.48. The van der Waals surface area contributed by atoms with E-state index in [2.05, 4.69) is 50.6 Å². The molecular formula is C20H29N5O. The van der Waals surface area contributed by atoms with E-state index in [4.69, 9.17) is 4.74 Å². The first-order valence-electron chi connectivity index (χ1n) is 9.55. The van der Waals surface area contributed by atoms with Crippen molar-refractivity contribution < 1.29 is 4.74 Å². The van der Waals surface area contributed by atoms with E-state index in [0.717, 1.165) is 44.9 Å². The predicted molar refractivity (Wildman–Crippen MR) is 101 cm³/mol. The minimum Gasteiger partial charge on any atom is -0.372 e. The van der Waals surface area contributed by atoms with E-state index in [9.17, 15) is 0 Å². The van der Waals surface area contributed by atoms with Crippen LogP contribution in [0, 0.1) is 0 Å². The van der Waals surface area contributed by atoms with Crippen molar-refractivity contribution >= 4 is 0 Å². The Morgan fingerprint density at radius 1 is 1.38 bits per heavy atom. The number of aromatic nitrogens is 3. The van der Waals surface area contributed by atoms with Crippen LogP contribution in [0.15, 0.2) is 36.9 Å². The Morgan fingerprint density at radius 2 is 2.31 bits per heavy atom. The van der Waals surface area contributed by atoms with Gasteiger partial charge in [-0.2, -0.15) is 0 Å². The smallest absolute Gasteiger partial charge is 0.0945 e. The summed E-state index contributed by atoms with van der Waals surface area (Å²) in [6.07, 6.45) is 9.20. The minimum atomic E-state index is 0.0138. The maximum absolute atomic E-state index is 6.41. The molecule has 140 valence electrons. The predicted octanol–water partition coefficient (Wildman–Crippen LogP) is 2.07. The van der Waals surface area contributed by atoms with Gasteiger partial charge in [0.2, 0.25) is 0 Å². The second-order valence-electron chi connectivity index (χ2n) is 7.90. The zero-order chi connectivity index (χ0) is 18.0. The van der Waals surface area contributed by atoms with Crippen LogP contribution in [-0.2, 0) is 24.9 Å². The molecule has 0 amide bonds. The molecule has 0 N–H and O–H groups in total. The van der Waals surface area contributed by atoms with Gasteiger partial charge in [0.15, 0.2) is 0 Å². The highest BCUT2D eigenvalue weighted by Crippen LogP contribution is 2.36. The van der Waals surface area contributed by atoms with Gasteiger partial charge in [0.25, 0.3) is 0 Å². The second kappa shape index (κ2) is 7.47. The number of aryl methyl sites for hydroxylation is 1. The van der Waals surface area contributed by atoms with Crippen LogP contribution in [0.25, 0.3) is 0 Å². The third-order valence-electron chi connectivity index (χ3n) is 5.87. The number of rotatable bonds is 5. The highest BCUT2D eigenvalue weighted by Gasteiger charge is 2.44. The molecule has 0 saturated carbocycles. The Hall–Kier alpha value is -1.76. The van der Waals surface area contributed by atoms with E-state index in [1.54, 1.807) is 0 Å². The molecule has 0 aliphatic carbocycles. The lowest BCUT2D eigenvalue weighted by Gasteiger charge is -2.40. The van der Waals surface area contributed by atoms with E-state index in [0.29, 0.717) is 6.04 Å². The summed E-state index contributed by atoms with van der Waals surface area (Å²) in [5, 5.41) is 0. The van der Waals surface area contributed by atoms with Crippen LogP contribution < -0.4 is 0 Å². The summed E-state index contributed by atoms with van der Waals surface area (Å²) >= 11 is 0. The fourth-order valence-corrected chi connectivity index (χ4v) is 4.36. The van der Waals surface area contributed by atoms with Gasteiger partial charge in [-0.05, 0) is 45.0 Å². The number of likely N-dealkylation sites (N-methyl/N-ethyl adjacent to an activating group) is 1. The molecule has 2 saturated heterocycles. The highest BCUT2D eigenvalue weighted by molar-refractivity contribution is 5.05. The lowest BCUT2D eigenvalue weighted by molar-refractivity contribution is -0.0540. The van der Waals surface area contributed by atoms with Crippen LogP contribution in [0.3, 0.4) is 0 Å². The van der Waals surface area contributed by atoms with E-state index < -0.39 is 0 Å². The summed E-state index contributed by atoms with van der Waals surface area (Å²) in [4.78, 5) is 13.6. The number of nitrogens with zero attached hydrogens (tertiary/aromatic N) is 5. The van der Waals surface area contributed by atoms with E-state index >= 15 is 0 Å². The molecule has 2 aliphatic rings. The van der Waals surface area contributed by atoms with Gasteiger partial charge < -0.3 is 9.30 Å². The first-order valence-corrected chi connectivity index (χ1v) is 9.55. The molecule has 2 aliphatic heterocycles. The van der Waals surface area contributed by atoms with Gasteiger partial charge in [-0.15, -0.1) is 0 Å².